The Kier molecular flexibility index (Phi) is 4.49. The maximum atomic E-state index is 12.8. The smallest absolute Gasteiger partial charge is 0.201 e. The van der Waals surface area contributed by atoms with E-state index in [1.54, 1.807) is 6.07 Å². The van der Waals surface area contributed by atoms with Crippen LogP contribution in [-0.2, 0) is 6.54 Å². The summed E-state index contributed by atoms with van der Waals surface area (Å²) in [6.07, 6.45) is 3.74. The van der Waals surface area contributed by atoms with Crippen LogP contribution in [0.5, 0.6) is 11.5 Å². The Hall–Kier alpha value is -3.18. The molecule has 2 aromatic carbocycles. The maximum absolute atomic E-state index is 12.8. The second kappa shape index (κ2) is 6.61. The zero-order valence-electron chi connectivity index (χ0n) is 13.5. The summed E-state index contributed by atoms with van der Waals surface area (Å²) in [5, 5.41) is 20.3. The number of hydrogen-bond acceptors (Lipinski definition) is 4. The van der Waals surface area contributed by atoms with Crippen molar-refractivity contribution in [2.24, 2.45) is 0 Å². The van der Waals surface area contributed by atoms with Crippen LogP contribution in [0.2, 0.25) is 0 Å². The molecule has 2 N–H and O–H groups in total. The number of carbonyl (C=O) groups is 2. The molecule has 0 spiro atoms. The summed E-state index contributed by atoms with van der Waals surface area (Å²) in [6.45, 7) is 0.454. The number of benzene rings is 2. The normalized spacial score (nSPS) is 12.2. The number of phenols is 2. The van der Waals surface area contributed by atoms with E-state index >= 15 is 0 Å². The van der Waals surface area contributed by atoms with Crippen LogP contribution in [0.15, 0.2) is 60.9 Å². The average molecular weight is 368 g/mol. The number of aromatic nitrogens is 1. The Morgan fingerprint density at radius 2 is 1.46 bits per heavy atom. The van der Waals surface area contributed by atoms with Crippen molar-refractivity contribution < 1.29 is 36.8 Å². The number of rotatable bonds is 2. The average Bonchev–Trinajstić information content (AvgIpc) is 2.60. The first-order chi connectivity index (χ1) is 12.1. The van der Waals surface area contributed by atoms with Gasteiger partial charge >= 0.3 is 0 Å². The quantitative estimate of drug-likeness (QED) is 0.455. The third-order valence-electron chi connectivity index (χ3n) is 4.31. The lowest BCUT2D eigenvalue weighted by atomic mass is 9.82. The van der Waals surface area contributed by atoms with E-state index in [2.05, 4.69) is 0 Å². The Bertz CT molecular complexity index is 1030. The highest BCUT2D eigenvalue weighted by molar-refractivity contribution is 6.30. The Morgan fingerprint density at radius 3 is 2.19 bits per heavy atom. The van der Waals surface area contributed by atoms with Crippen LogP contribution in [0.25, 0.3) is 0 Å². The molecule has 130 valence electrons. The molecule has 0 unspecified atom stereocenters. The fourth-order valence-electron chi connectivity index (χ4n) is 3.18. The van der Waals surface area contributed by atoms with E-state index in [4.69, 9.17) is 0 Å². The summed E-state index contributed by atoms with van der Waals surface area (Å²) < 4.78 is 1.90. The second-order valence-electron chi connectivity index (χ2n) is 5.94. The maximum Gasteiger partial charge on any atom is 0.201 e. The van der Waals surface area contributed by atoms with Crippen LogP contribution in [0.3, 0.4) is 0 Å². The van der Waals surface area contributed by atoms with Gasteiger partial charge in [0.2, 0.25) is 5.78 Å². The van der Waals surface area contributed by atoms with Crippen LogP contribution in [0.1, 0.15) is 37.4 Å². The third kappa shape index (κ3) is 2.72. The van der Waals surface area contributed by atoms with Crippen molar-refractivity contribution in [3.63, 3.8) is 0 Å². The third-order valence-corrected chi connectivity index (χ3v) is 4.31. The van der Waals surface area contributed by atoms with Crippen molar-refractivity contribution >= 4 is 11.6 Å². The van der Waals surface area contributed by atoms with E-state index in [0.29, 0.717) is 12.1 Å². The number of pyridine rings is 1. The number of nitrogens with zero attached hydrogens (tertiary/aromatic N) is 1. The lowest BCUT2D eigenvalue weighted by Gasteiger charge is -2.19. The summed E-state index contributed by atoms with van der Waals surface area (Å²) in [7, 11) is 0. The molecule has 0 bridgehead atoms. The minimum Gasteiger partial charge on any atom is -1.00 e. The topological polar surface area (TPSA) is 78.5 Å². The van der Waals surface area contributed by atoms with Crippen LogP contribution < -0.4 is 17.0 Å². The number of carbonyl (C=O) groups excluding carboxylic acids is 2. The monoisotopic (exact) mass is 367 g/mol. The highest BCUT2D eigenvalue weighted by atomic mass is 35.5. The van der Waals surface area contributed by atoms with Gasteiger partial charge < -0.3 is 22.6 Å². The molecule has 1 aliphatic rings. The van der Waals surface area contributed by atoms with Gasteiger partial charge in [0.15, 0.2) is 24.7 Å². The van der Waals surface area contributed by atoms with Gasteiger partial charge in [-0.3, -0.25) is 9.59 Å². The van der Waals surface area contributed by atoms with Gasteiger partial charge in [-0.15, -0.1) is 0 Å². The molecule has 6 heteroatoms. The van der Waals surface area contributed by atoms with Crippen molar-refractivity contribution in [2.75, 3.05) is 0 Å². The number of fused-ring (bicyclic) bond motifs is 2. The number of aromatic hydroxyl groups is 2. The van der Waals surface area contributed by atoms with Crippen LogP contribution in [-0.4, -0.2) is 21.8 Å². The predicted molar refractivity (Wildman–Crippen MR) is 88.8 cm³/mol. The van der Waals surface area contributed by atoms with Crippen LogP contribution in [0, 0.1) is 0 Å². The van der Waals surface area contributed by atoms with E-state index in [1.165, 1.54) is 24.3 Å². The van der Waals surface area contributed by atoms with Gasteiger partial charge in [0.05, 0.1) is 11.1 Å². The molecular weight excluding hydrogens is 354 g/mol. The molecule has 4 rings (SSSR count). The van der Waals surface area contributed by atoms with Crippen molar-refractivity contribution in [3.05, 3.63) is 88.7 Å². The molecule has 3 aromatic rings. The molecule has 1 aliphatic carbocycles. The zero-order chi connectivity index (χ0) is 17.6. The zero-order valence-corrected chi connectivity index (χ0v) is 14.3. The minimum absolute atomic E-state index is 0. The molecule has 0 atom stereocenters. The molecule has 0 radical (unpaired) electrons. The molecule has 1 heterocycles. The summed E-state index contributed by atoms with van der Waals surface area (Å²) in [4.78, 5) is 25.5. The first kappa shape index (κ1) is 17.6. The van der Waals surface area contributed by atoms with Gasteiger partial charge in [-0.1, -0.05) is 18.2 Å². The predicted octanol–water partition coefficient (Wildman–Crippen LogP) is -0.787. The SMILES string of the molecule is O=C1c2cccc(O)c2C(=O)c2c(O)cc(C[n+]3ccccc3)cc21.[Cl-]. The number of hydrogen-bond donors (Lipinski definition) is 2. The first-order valence-corrected chi connectivity index (χ1v) is 7.77. The van der Waals surface area contributed by atoms with Gasteiger partial charge in [-0.05, 0) is 18.2 Å². The Balaban J connectivity index is 0.00000196. The highest BCUT2D eigenvalue weighted by Crippen LogP contribution is 2.37. The fourth-order valence-corrected chi connectivity index (χ4v) is 3.18. The van der Waals surface area contributed by atoms with Crippen molar-refractivity contribution in [1.82, 2.24) is 0 Å². The molecule has 5 nitrogen and oxygen atoms in total. The van der Waals surface area contributed by atoms with Crippen molar-refractivity contribution in [2.45, 2.75) is 6.54 Å². The van der Waals surface area contributed by atoms with E-state index in [-0.39, 0.29) is 51.9 Å². The standard InChI is InChI=1S/C20H13NO4.ClH/c22-15-6-4-5-13-17(15)20(25)18-14(19(13)24)9-12(10-16(18)23)11-21-7-2-1-3-8-21;/h1-10H,11H2,(H-,22,23,25);1H. The molecule has 26 heavy (non-hydrogen) atoms. The van der Waals surface area contributed by atoms with Gasteiger partial charge in [0.25, 0.3) is 0 Å². The Labute approximate surface area is 155 Å². The van der Waals surface area contributed by atoms with Gasteiger partial charge in [-0.25, -0.2) is 4.57 Å². The highest BCUT2D eigenvalue weighted by Gasteiger charge is 2.34. The minimum atomic E-state index is -0.542. The van der Waals surface area contributed by atoms with E-state index in [1.807, 2.05) is 35.2 Å². The molecule has 0 saturated heterocycles. The van der Waals surface area contributed by atoms with Gasteiger partial charge in [0, 0.05) is 28.8 Å². The summed E-state index contributed by atoms with van der Waals surface area (Å²) in [5.74, 6) is -1.43. The number of phenolic OH excluding ortho intramolecular Hbond substituents is 2. The van der Waals surface area contributed by atoms with Crippen LogP contribution in [0.4, 0.5) is 0 Å². The van der Waals surface area contributed by atoms with Gasteiger partial charge in [0.1, 0.15) is 11.5 Å². The fraction of sp³-hybridized carbons (Fsp3) is 0.0500. The van der Waals surface area contributed by atoms with Gasteiger partial charge in [-0.2, -0.15) is 0 Å². The summed E-state index contributed by atoms with van der Waals surface area (Å²) >= 11 is 0. The second-order valence-corrected chi connectivity index (χ2v) is 5.94. The molecule has 0 saturated carbocycles. The molecule has 0 aliphatic heterocycles. The number of ketones is 2. The van der Waals surface area contributed by atoms with Crippen molar-refractivity contribution in [3.8, 4) is 11.5 Å². The van der Waals surface area contributed by atoms with E-state index in [0.717, 1.165) is 0 Å². The number of halogens is 1. The molecule has 0 fully saturated rings. The first-order valence-electron chi connectivity index (χ1n) is 7.77. The summed E-state index contributed by atoms with van der Waals surface area (Å²) in [5.41, 5.74) is 0.912. The Morgan fingerprint density at radius 1 is 0.769 bits per heavy atom. The molecule has 0 amide bonds. The van der Waals surface area contributed by atoms with E-state index < -0.39 is 5.78 Å². The molecular formula is C20H14ClNO4. The summed E-state index contributed by atoms with van der Waals surface area (Å²) in [6, 6.07) is 13.1. The van der Waals surface area contributed by atoms with E-state index in [9.17, 15) is 19.8 Å². The van der Waals surface area contributed by atoms with Crippen molar-refractivity contribution in [1.29, 1.82) is 0 Å². The largest absolute Gasteiger partial charge is 1.00 e. The lowest BCUT2D eigenvalue weighted by molar-refractivity contribution is -0.688. The van der Waals surface area contributed by atoms with Crippen LogP contribution >= 0.6 is 0 Å². The lowest BCUT2D eigenvalue weighted by Crippen LogP contribution is -3.00. The molecule has 1 aromatic heterocycles.